The minimum absolute atomic E-state index is 0.0861. The number of hydrogen-bond acceptors (Lipinski definition) is 7. The minimum atomic E-state index is -0.380. The Labute approximate surface area is 264 Å². The zero-order valence-electron chi connectivity index (χ0n) is 25.6. The number of carbonyl (C=O) groups excluding carboxylic acids is 2. The number of aromatic amines is 1. The Morgan fingerprint density at radius 2 is 1.35 bits per heavy atom. The van der Waals surface area contributed by atoms with Gasteiger partial charge >= 0.3 is 5.69 Å². The number of methoxy groups -OCH3 is 2. The minimum Gasteiger partial charge on any atom is -0.497 e. The van der Waals surface area contributed by atoms with Crippen molar-refractivity contribution in [1.82, 2.24) is 24.5 Å². The smallest absolute Gasteiger partial charge is 0.343 e. The zero-order valence-corrected chi connectivity index (χ0v) is 25.6. The molecule has 0 bridgehead atoms. The molecule has 2 amide bonds. The van der Waals surface area contributed by atoms with Gasteiger partial charge in [-0.05, 0) is 92.1 Å². The largest absolute Gasteiger partial charge is 0.497 e. The van der Waals surface area contributed by atoms with Crippen LogP contribution >= 0.6 is 0 Å². The van der Waals surface area contributed by atoms with E-state index in [1.165, 1.54) is 4.68 Å². The van der Waals surface area contributed by atoms with Crippen molar-refractivity contribution in [2.24, 2.45) is 0 Å². The van der Waals surface area contributed by atoms with Crippen LogP contribution < -0.4 is 25.0 Å². The molecule has 2 aromatic heterocycles. The Bertz CT molecular complexity index is 1960. The second-order valence-electron chi connectivity index (χ2n) is 11.3. The van der Waals surface area contributed by atoms with Gasteiger partial charge < -0.3 is 19.3 Å². The maximum absolute atomic E-state index is 14.2. The molecule has 12 heteroatoms. The third kappa shape index (κ3) is 5.31. The lowest BCUT2D eigenvalue weighted by molar-refractivity contribution is -0.119. The van der Waals surface area contributed by atoms with Gasteiger partial charge in [-0.3, -0.25) is 14.6 Å². The van der Waals surface area contributed by atoms with E-state index in [4.69, 9.17) is 14.6 Å². The summed E-state index contributed by atoms with van der Waals surface area (Å²) < 4.78 is 13.5. The number of benzene rings is 3. The number of hydrogen-bond donors (Lipinski definition) is 1. The van der Waals surface area contributed by atoms with E-state index in [1.807, 2.05) is 65.6 Å². The molecular weight excluding hydrogens is 586 g/mol. The molecule has 0 atom stereocenters. The van der Waals surface area contributed by atoms with Crippen molar-refractivity contribution < 1.29 is 19.1 Å². The molecule has 234 valence electrons. The summed E-state index contributed by atoms with van der Waals surface area (Å²) in [6, 6.07) is 22.1. The molecule has 12 nitrogen and oxygen atoms in total. The zero-order chi connectivity index (χ0) is 31.8. The third-order valence-corrected chi connectivity index (χ3v) is 8.56. The van der Waals surface area contributed by atoms with E-state index in [-0.39, 0.29) is 24.0 Å². The van der Waals surface area contributed by atoms with Gasteiger partial charge in [0, 0.05) is 42.0 Å². The van der Waals surface area contributed by atoms with Crippen LogP contribution in [0.5, 0.6) is 11.5 Å². The number of amides is 2. The van der Waals surface area contributed by atoms with Crippen molar-refractivity contribution >= 4 is 23.2 Å². The molecule has 7 rings (SSSR count). The van der Waals surface area contributed by atoms with Crippen LogP contribution in [0.3, 0.4) is 0 Å². The van der Waals surface area contributed by atoms with E-state index in [9.17, 15) is 14.4 Å². The van der Waals surface area contributed by atoms with Crippen molar-refractivity contribution in [3.05, 3.63) is 100 Å². The normalized spacial score (nSPS) is 14.8. The molecule has 0 radical (unpaired) electrons. The molecule has 0 spiro atoms. The summed E-state index contributed by atoms with van der Waals surface area (Å²) in [4.78, 5) is 46.0. The molecule has 0 saturated carbocycles. The van der Waals surface area contributed by atoms with Crippen LogP contribution in [0.25, 0.3) is 17.1 Å². The van der Waals surface area contributed by atoms with Gasteiger partial charge in [-0.1, -0.05) is 0 Å². The fourth-order valence-corrected chi connectivity index (χ4v) is 6.09. The number of ether oxygens (including phenoxy) is 2. The van der Waals surface area contributed by atoms with E-state index in [2.05, 4.69) is 10.1 Å². The maximum atomic E-state index is 14.2. The fourth-order valence-electron chi connectivity index (χ4n) is 6.09. The third-order valence-electron chi connectivity index (χ3n) is 8.56. The van der Waals surface area contributed by atoms with E-state index in [1.54, 1.807) is 35.9 Å². The number of nitrogens with one attached hydrogen (secondary N) is 1. The molecule has 2 aliphatic heterocycles. The summed E-state index contributed by atoms with van der Waals surface area (Å²) in [7, 11) is 3.19. The number of rotatable bonds is 8. The molecule has 1 saturated heterocycles. The predicted molar refractivity (Wildman–Crippen MR) is 172 cm³/mol. The lowest BCUT2D eigenvalue weighted by atomic mass is 10.0. The van der Waals surface area contributed by atoms with Crippen molar-refractivity contribution in [1.29, 1.82) is 0 Å². The van der Waals surface area contributed by atoms with Gasteiger partial charge in [0.2, 0.25) is 5.91 Å². The van der Waals surface area contributed by atoms with Gasteiger partial charge in [0.25, 0.3) is 5.91 Å². The van der Waals surface area contributed by atoms with Crippen molar-refractivity contribution in [3.8, 4) is 28.6 Å². The molecular formula is C34H33N7O5. The molecule has 1 fully saturated rings. The summed E-state index contributed by atoms with van der Waals surface area (Å²) >= 11 is 0. The first-order valence-electron chi connectivity index (χ1n) is 15.2. The highest BCUT2D eigenvalue weighted by Crippen LogP contribution is 2.31. The van der Waals surface area contributed by atoms with Gasteiger partial charge in [0.05, 0.1) is 32.1 Å². The van der Waals surface area contributed by atoms with Crippen LogP contribution in [0.2, 0.25) is 0 Å². The quantitative estimate of drug-likeness (QED) is 0.276. The van der Waals surface area contributed by atoms with E-state index in [0.717, 1.165) is 35.3 Å². The van der Waals surface area contributed by atoms with Crippen molar-refractivity contribution in [2.75, 3.05) is 37.1 Å². The van der Waals surface area contributed by atoms with Gasteiger partial charge in [0.1, 0.15) is 17.2 Å². The predicted octanol–water partition coefficient (Wildman–Crippen LogP) is 4.21. The van der Waals surface area contributed by atoms with Crippen LogP contribution in [-0.2, 0) is 17.8 Å². The van der Waals surface area contributed by atoms with Gasteiger partial charge in [-0.2, -0.15) is 5.10 Å². The summed E-state index contributed by atoms with van der Waals surface area (Å²) in [6.45, 7) is 1.22. The average molecular weight is 620 g/mol. The van der Waals surface area contributed by atoms with Crippen LogP contribution in [0.4, 0.5) is 11.4 Å². The molecule has 0 unspecified atom stereocenters. The van der Waals surface area contributed by atoms with Gasteiger partial charge in [0.15, 0.2) is 5.82 Å². The summed E-state index contributed by atoms with van der Waals surface area (Å²) in [6.07, 6.45) is 2.98. The maximum Gasteiger partial charge on any atom is 0.343 e. The Kier molecular flexibility index (Phi) is 7.61. The Morgan fingerprint density at radius 1 is 0.717 bits per heavy atom. The number of aromatic nitrogens is 5. The highest BCUT2D eigenvalue weighted by Gasteiger charge is 2.34. The highest BCUT2D eigenvalue weighted by atomic mass is 16.5. The summed E-state index contributed by atoms with van der Waals surface area (Å²) in [5.41, 5.74) is 4.41. The first-order valence-corrected chi connectivity index (χ1v) is 15.2. The molecule has 5 aromatic rings. The summed E-state index contributed by atoms with van der Waals surface area (Å²) in [5.74, 6) is 1.73. The molecule has 46 heavy (non-hydrogen) atoms. The number of anilines is 2. The molecule has 3 aromatic carbocycles. The monoisotopic (exact) mass is 619 g/mol. The first-order chi connectivity index (χ1) is 22.4. The highest BCUT2D eigenvalue weighted by molar-refractivity contribution is 6.07. The molecule has 1 N–H and O–H groups in total. The second-order valence-corrected chi connectivity index (χ2v) is 11.3. The topological polar surface area (TPSA) is 128 Å². The molecule has 0 aliphatic carbocycles. The van der Waals surface area contributed by atoms with Crippen LogP contribution in [0.1, 0.15) is 41.0 Å². The van der Waals surface area contributed by atoms with Crippen molar-refractivity contribution in [3.63, 3.8) is 0 Å². The fraction of sp³-hybridized carbons (Fsp3) is 0.265. The van der Waals surface area contributed by atoms with Crippen molar-refractivity contribution in [2.45, 2.75) is 32.2 Å². The number of fused-ring (bicyclic) bond motifs is 1. The van der Waals surface area contributed by atoms with E-state index < -0.39 is 0 Å². The van der Waals surface area contributed by atoms with Crippen LogP contribution in [0.15, 0.2) is 77.6 Å². The molecule has 4 heterocycles. The van der Waals surface area contributed by atoms with E-state index in [0.29, 0.717) is 60.3 Å². The average Bonchev–Trinajstić information content (AvgIpc) is 3.66. The van der Waals surface area contributed by atoms with Crippen LogP contribution in [0, 0.1) is 0 Å². The Hall–Kier alpha value is -5.65. The number of nitrogens with zero attached hydrogens (tertiary/aromatic N) is 6. The lowest BCUT2D eigenvalue weighted by Gasteiger charge is -2.30. The number of piperidine rings is 1. The second kappa shape index (κ2) is 12.0. The molecule has 2 aliphatic rings. The number of carbonyl (C=O) groups is 2. The first kappa shape index (κ1) is 29.1. The lowest BCUT2D eigenvalue weighted by Crippen LogP contribution is -2.39. The number of H-pyrrole nitrogens is 1. The van der Waals surface area contributed by atoms with Gasteiger partial charge in [-0.25, -0.2) is 14.2 Å². The Balaban J connectivity index is 1.22. The SMILES string of the molecule is COc1ccc(-c2nn(Cc3nn(-c4ccc(OC)cc4)c4c3CCN(c3ccc(N5CCCCC5=O)cc3)C4=O)c(=O)[nH]2)cc1. The summed E-state index contributed by atoms with van der Waals surface area (Å²) in [5, 5.41) is 9.41. The van der Waals surface area contributed by atoms with E-state index >= 15 is 0 Å². The Morgan fingerprint density at radius 3 is 2.00 bits per heavy atom. The standard InChI is InChI=1S/C34H33N7O5/c1-45-26-14-6-22(7-15-26)32-35-34(44)40(37-32)21-29-28-18-20-39(24-10-8-23(9-11-24)38-19-4-3-5-30(38)42)33(43)31(28)41(36-29)25-12-16-27(46-2)17-13-25/h6-17H,3-5,18-21H2,1-2H3,(H,35,37,44). The van der Waals surface area contributed by atoms with Gasteiger partial charge in [-0.15, -0.1) is 5.10 Å². The van der Waals surface area contributed by atoms with Crippen LogP contribution in [-0.4, -0.2) is 63.7 Å².